The summed E-state index contributed by atoms with van der Waals surface area (Å²) < 4.78 is 0. The molecule has 8 heteroatoms. The van der Waals surface area contributed by atoms with Crippen molar-refractivity contribution >= 4 is 11.9 Å². The summed E-state index contributed by atoms with van der Waals surface area (Å²) >= 11 is 0. The summed E-state index contributed by atoms with van der Waals surface area (Å²) in [6.07, 6.45) is 7.87. The van der Waals surface area contributed by atoms with Crippen molar-refractivity contribution in [3.63, 3.8) is 0 Å². The summed E-state index contributed by atoms with van der Waals surface area (Å²) in [5, 5.41) is 25.7. The van der Waals surface area contributed by atoms with Crippen molar-refractivity contribution in [1.82, 2.24) is 15.5 Å². The minimum absolute atomic E-state index is 0.0336. The van der Waals surface area contributed by atoms with Gasteiger partial charge in [0, 0.05) is 44.3 Å². The predicted molar refractivity (Wildman–Crippen MR) is 77.1 cm³/mol. The Bertz CT molecular complexity index is 623. The maximum atomic E-state index is 11.7. The second-order valence-corrected chi connectivity index (χ2v) is 5.07. The molecule has 0 bridgehead atoms. The first-order valence-corrected chi connectivity index (χ1v) is 6.96. The number of hydrogen-bond acceptors (Lipinski definition) is 5. The number of carbonyl (C=O) groups excluding carboxylic acids is 1. The fourth-order valence-corrected chi connectivity index (χ4v) is 2.01. The number of nitrogens with one attached hydrogen (secondary N) is 2. The van der Waals surface area contributed by atoms with Gasteiger partial charge in [-0.1, -0.05) is 0 Å². The lowest BCUT2D eigenvalue weighted by Crippen LogP contribution is -2.27. The quantitative estimate of drug-likeness (QED) is 0.592. The Morgan fingerprint density at radius 1 is 1.41 bits per heavy atom. The van der Waals surface area contributed by atoms with Crippen molar-refractivity contribution in [3.05, 3.63) is 17.5 Å². The third kappa shape index (κ3) is 4.41. The first-order valence-electron chi connectivity index (χ1n) is 6.96. The standard InChI is InChI=1S/C14H17N5O3/c1-2-3-6-14(18-19-14)7-4-12(20)15-8-5-10-9-11(13(21)22)17-16-10/h1,9H,3-8H2,(H,15,20)(H,16,17)(H,21,22). The van der Waals surface area contributed by atoms with Gasteiger partial charge in [-0.15, -0.1) is 12.3 Å². The Labute approximate surface area is 127 Å². The molecule has 116 valence electrons. The first-order chi connectivity index (χ1) is 10.5. The van der Waals surface area contributed by atoms with Crippen LogP contribution >= 0.6 is 0 Å². The molecule has 1 amide bonds. The Morgan fingerprint density at radius 2 is 2.18 bits per heavy atom. The van der Waals surface area contributed by atoms with Crippen LogP contribution in [0.2, 0.25) is 0 Å². The molecule has 0 aromatic carbocycles. The van der Waals surface area contributed by atoms with Crippen molar-refractivity contribution in [1.29, 1.82) is 0 Å². The molecule has 1 aliphatic heterocycles. The SMILES string of the molecule is C#CCCC1(CCC(=O)NCCc2cc(C(=O)O)n[nH]2)N=N1. The zero-order valence-electron chi connectivity index (χ0n) is 12.0. The van der Waals surface area contributed by atoms with Crippen LogP contribution in [0.25, 0.3) is 0 Å². The molecule has 22 heavy (non-hydrogen) atoms. The van der Waals surface area contributed by atoms with Gasteiger partial charge in [0.05, 0.1) is 0 Å². The monoisotopic (exact) mass is 303 g/mol. The molecule has 1 aromatic rings. The van der Waals surface area contributed by atoms with Gasteiger partial charge in [-0.2, -0.15) is 15.3 Å². The fraction of sp³-hybridized carbons (Fsp3) is 0.500. The molecule has 1 aliphatic rings. The summed E-state index contributed by atoms with van der Waals surface area (Å²) in [6.45, 7) is 0.408. The van der Waals surface area contributed by atoms with Gasteiger partial charge in [-0.3, -0.25) is 9.89 Å². The van der Waals surface area contributed by atoms with E-state index in [0.717, 1.165) is 0 Å². The van der Waals surface area contributed by atoms with Crippen LogP contribution in [-0.2, 0) is 11.2 Å². The average Bonchev–Trinajstić information content (AvgIpc) is 3.11. The van der Waals surface area contributed by atoms with E-state index < -0.39 is 11.6 Å². The van der Waals surface area contributed by atoms with Crippen LogP contribution in [0.3, 0.4) is 0 Å². The molecule has 0 fully saturated rings. The van der Waals surface area contributed by atoms with E-state index in [1.807, 2.05) is 0 Å². The molecule has 0 saturated heterocycles. The van der Waals surface area contributed by atoms with E-state index in [2.05, 4.69) is 31.7 Å². The second-order valence-electron chi connectivity index (χ2n) is 5.07. The lowest BCUT2D eigenvalue weighted by molar-refractivity contribution is -0.121. The summed E-state index contributed by atoms with van der Waals surface area (Å²) in [5.74, 6) is 1.37. The average molecular weight is 303 g/mol. The summed E-state index contributed by atoms with van der Waals surface area (Å²) in [7, 11) is 0. The predicted octanol–water partition coefficient (Wildman–Crippen LogP) is 1.12. The van der Waals surface area contributed by atoms with E-state index in [-0.39, 0.29) is 11.6 Å². The summed E-state index contributed by atoms with van der Waals surface area (Å²) in [4.78, 5) is 22.4. The number of carboxylic acid groups (broad SMARTS) is 1. The van der Waals surface area contributed by atoms with Crippen LogP contribution < -0.4 is 5.32 Å². The van der Waals surface area contributed by atoms with Gasteiger partial charge in [0.25, 0.3) is 0 Å². The molecular formula is C14H17N5O3. The van der Waals surface area contributed by atoms with Crippen molar-refractivity contribution in [3.8, 4) is 12.3 Å². The van der Waals surface area contributed by atoms with Gasteiger partial charge in [-0.05, 0) is 6.07 Å². The van der Waals surface area contributed by atoms with Crippen LogP contribution in [-0.4, -0.2) is 39.4 Å². The number of aromatic nitrogens is 2. The second kappa shape index (κ2) is 6.85. The van der Waals surface area contributed by atoms with Gasteiger partial charge in [0.2, 0.25) is 5.91 Å². The molecule has 8 nitrogen and oxygen atoms in total. The fourth-order valence-electron chi connectivity index (χ4n) is 2.01. The molecule has 2 heterocycles. The third-order valence-electron chi connectivity index (χ3n) is 3.37. The van der Waals surface area contributed by atoms with E-state index >= 15 is 0 Å². The minimum Gasteiger partial charge on any atom is -0.476 e. The van der Waals surface area contributed by atoms with Crippen molar-refractivity contribution in [2.24, 2.45) is 10.2 Å². The number of aromatic carboxylic acids is 1. The molecule has 3 N–H and O–H groups in total. The number of terminal acetylenes is 1. The normalized spacial score (nSPS) is 14.3. The van der Waals surface area contributed by atoms with E-state index in [0.29, 0.717) is 44.3 Å². The highest BCUT2D eigenvalue weighted by Gasteiger charge is 2.39. The number of carbonyl (C=O) groups is 2. The Kier molecular flexibility index (Phi) is 4.88. The first kappa shape index (κ1) is 15.7. The highest BCUT2D eigenvalue weighted by atomic mass is 16.4. The van der Waals surface area contributed by atoms with Crippen LogP contribution in [0.15, 0.2) is 16.3 Å². The number of carboxylic acids is 1. The third-order valence-corrected chi connectivity index (χ3v) is 3.37. The van der Waals surface area contributed by atoms with Crippen molar-refractivity contribution in [2.75, 3.05) is 6.54 Å². The largest absolute Gasteiger partial charge is 0.476 e. The van der Waals surface area contributed by atoms with Gasteiger partial charge in [0.15, 0.2) is 11.4 Å². The Balaban J connectivity index is 1.63. The number of aromatic amines is 1. The van der Waals surface area contributed by atoms with Gasteiger partial charge in [0.1, 0.15) is 0 Å². The number of hydrogen-bond donors (Lipinski definition) is 3. The number of rotatable bonds is 9. The van der Waals surface area contributed by atoms with Gasteiger partial charge in [-0.25, -0.2) is 4.79 Å². The topological polar surface area (TPSA) is 120 Å². The van der Waals surface area contributed by atoms with Crippen LogP contribution in [0, 0.1) is 12.3 Å². The van der Waals surface area contributed by atoms with Crippen molar-refractivity contribution < 1.29 is 14.7 Å². The van der Waals surface area contributed by atoms with Crippen molar-refractivity contribution in [2.45, 2.75) is 37.8 Å². The van der Waals surface area contributed by atoms with Gasteiger partial charge < -0.3 is 10.4 Å². The maximum Gasteiger partial charge on any atom is 0.356 e. The van der Waals surface area contributed by atoms with E-state index in [1.54, 1.807) is 0 Å². The summed E-state index contributed by atoms with van der Waals surface area (Å²) in [6, 6.07) is 1.45. The van der Waals surface area contributed by atoms with Gasteiger partial charge >= 0.3 is 5.97 Å². The Hall–Kier alpha value is -2.69. The van der Waals surface area contributed by atoms with Crippen LogP contribution in [0.1, 0.15) is 41.9 Å². The number of H-pyrrole nitrogens is 1. The molecule has 1 aromatic heterocycles. The number of amides is 1. The maximum absolute atomic E-state index is 11.7. The van der Waals surface area contributed by atoms with Crippen LogP contribution in [0.5, 0.6) is 0 Å². The van der Waals surface area contributed by atoms with E-state index in [4.69, 9.17) is 11.5 Å². The minimum atomic E-state index is -1.08. The molecule has 0 radical (unpaired) electrons. The zero-order valence-corrected chi connectivity index (χ0v) is 12.0. The van der Waals surface area contributed by atoms with E-state index in [1.165, 1.54) is 6.07 Å². The lowest BCUT2D eigenvalue weighted by atomic mass is 10.0. The molecule has 0 saturated carbocycles. The van der Waals surface area contributed by atoms with Crippen LogP contribution in [0.4, 0.5) is 0 Å². The highest BCUT2D eigenvalue weighted by Crippen LogP contribution is 2.37. The number of nitrogens with zero attached hydrogens (tertiary/aromatic N) is 3. The lowest BCUT2D eigenvalue weighted by Gasteiger charge is -2.08. The molecule has 0 unspecified atom stereocenters. The van der Waals surface area contributed by atoms with E-state index in [9.17, 15) is 9.59 Å². The summed E-state index contributed by atoms with van der Waals surface area (Å²) in [5.41, 5.74) is 0.188. The molecular weight excluding hydrogens is 286 g/mol. The zero-order chi connectivity index (χ0) is 16.0. The smallest absolute Gasteiger partial charge is 0.356 e. The highest BCUT2D eigenvalue weighted by molar-refractivity contribution is 5.85. The molecule has 0 spiro atoms. The molecule has 2 rings (SSSR count). The molecule has 0 atom stereocenters. The molecule has 0 aliphatic carbocycles. The Morgan fingerprint density at radius 3 is 2.77 bits per heavy atom.